The normalized spacial score (nSPS) is 16.7. The van der Waals surface area contributed by atoms with Crippen molar-refractivity contribution in [1.82, 2.24) is 10.6 Å². The van der Waals surface area contributed by atoms with E-state index in [0.717, 1.165) is 25.9 Å². The molecule has 2 N–H and O–H groups in total. The highest BCUT2D eigenvalue weighted by Crippen LogP contribution is 2.26. The largest absolute Gasteiger partial charge is 0.481 e. The molecule has 1 heterocycles. The van der Waals surface area contributed by atoms with Crippen LogP contribution >= 0.6 is 35.6 Å². The predicted octanol–water partition coefficient (Wildman–Crippen LogP) is 3.05. The van der Waals surface area contributed by atoms with Gasteiger partial charge in [-0.05, 0) is 45.0 Å². The van der Waals surface area contributed by atoms with Crippen LogP contribution in [0.15, 0.2) is 18.2 Å². The second-order valence-corrected chi connectivity index (χ2v) is 5.68. The van der Waals surface area contributed by atoms with Gasteiger partial charge in [-0.2, -0.15) is 0 Å². The Hall–Kier alpha value is -0.680. The Morgan fingerprint density at radius 2 is 2.00 bits per heavy atom. The van der Waals surface area contributed by atoms with E-state index in [-0.39, 0.29) is 24.4 Å². The Balaban J connectivity index is 0.00000220. The molecule has 1 aliphatic rings. The molecule has 7 heteroatoms. The lowest BCUT2D eigenvalue weighted by Gasteiger charge is -2.25. The van der Waals surface area contributed by atoms with Gasteiger partial charge in [0.15, 0.2) is 6.10 Å². The van der Waals surface area contributed by atoms with E-state index in [1.165, 1.54) is 0 Å². The first-order chi connectivity index (χ1) is 9.56. The van der Waals surface area contributed by atoms with E-state index in [1.54, 1.807) is 25.1 Å². The van der Waals surface area contributed by atoms with Crippen molar-refractivity contribution in [3.63, 3.8) is 0 Å². The molecule has 1 fully saturated rings. The first-order valence-corrected chi connectivity index (χ1v) is 7.44. The van der Waals surface area contributed by atoms with E-state index < -0.39 is 6.10 Å². The van der Waals surface area contributed by atoms with Gasteiger partial charge in [0.25, 0.3) is 5.91 Å². The molecule has 1 amide bonds. The molecule has 0 spiro atoms. The van der Waals surface area contributed by atoms with Gasteiger partial charge >= 0.3 is 0 Å². The molecule has 0 saturated carbocycles. The third kappa shape index (κ3) is 5.55. The SMILES string of the molecule is CC(Oc1ccc(Cl)c(Cl)c1)C(=O)NC1CCNCC1.Cl. The van der Waals surface area contributed by atoms with E-state index in [9.17, 15) is 4.79 Å². The van der Waals surface area contributed by atoms with Gasteiger partial charge < -0.3 is 15.4 Å². The van der Waals surface area contributed by atoms with Crippen LogP contribution in [0, 0.1) is 0 Å². The van der Waals surface area contributed by atoms with Gasteiger partial charge in [-0.1, -0.05) is 23.2 Å². The third-order valence-electron chi connectivity index (χ3n) is 3.26. The Morgan fingerprint density at radius 3 is 2.62 bits per heavy atom. The average Bonchev–Trinajstić information content (AvgIpc) is 2.44. The van der Waals surface area contributed by atoms with Crippen LogP contribution in [0.25, 0.3) is 0 Å². The van der Waals surface area contributed by atoms with Crippen LogP contribution in [0.2, 0.25) is 10.0 Å². The fraction of sp³-hybridized carbons (Fsp3) is 0.500. The number of carbonyl (C=O) groups is 1. The lowest BCUT2D eigenvalue weighted by Crippen LogP contribution is -2.46. The van der Waals surface area contributed by atoms with Crippen LogP contribution in [0.3, 0.4) is 0 Å². The highest BCUT2D eigenvalue weighted by molar-refractivity contribution is 6.42. The molecule has 1 aromatic rings. The highest BCUT2D eigenvalue weighted by atomic mass is 35.5. The molecule has 2 rings (SSSR count). The van der Waals surface area contributed by atoms with Crippen LogP contribution in [-0.4, -0.2) is 31.1 Å². The zero-order chi connectivity index (χ0) is 14.5. The Kier molecular flexibility index (Phi) is 7.60. The standard InChI is InChI=1S/C14H18Cl2N2O2.ClH/c1-9(14(19)18-10-4-6-17-7-5-10)20-11-2-3-12(15)13(16)8-11;/h2-3,8-10,17H,4-7H2,1H3,(H,18,19);1H. The van der Waals surface area contributed by atoms with Crippen molar-refractivity contribution >= 4 is 41.5 Å². The monoisotopic (exact) mass is 352 g/mol. The summed E-state index contributed by atoms with van der Waals surface area (Å²) in [6.45, 7) is 3.60. The molecule has 0 radical (unpaired) electrons. The predicted molar refractivity (Wildman–Crippen MR) is 87.8 cm³/mol. The molecule has 0 aliphatic carbocycles. The van der Waals surface area contributed by atoms with Gasteiger partial charge in [0, 0.05) is 12.1 Å². The molecule has 1 atom stereocenters. The van der Waals surface area contributed by atoms with Crippen LogP contribution in [0.4, 0.5) is 0 Å². The molecule has 0 aromatic heterocycles. The molecule has 1 aliphatic heterocycles. The minimum Gasteiger partial charge on any atom is -0.481 e. The van der Waals surface area contributed by atoms with E-state index in [4.69, 9.17) is 27.9 Å². The molecular weight excluding hydrogens is 335 g/mol. The number of ether oxygens (including phenoxy) is 1. The van der Waals surface area contributed by atoms with Crippen molar-refractivity contribution in [1.29, 1.82) is 0 Å². The fourth-order valence-electron chi connectivity index (χ4n) is 2.09. The highest BCUT2D eigenvalue weighted by Gasteiger charge is 2.20. The average molecular weight is 354 g/mol. The van der Waals surface area contributed by atoms with E-state index in [1.807, 2.05) is 0 Å². The van der Waals surface area contributed by atoms with Crippen LogP contribution in [0.1, 0.15) is 19.8 Å². The minimum atomic E-state index is -0.567. The Morgan fingerprint density at radius 1 is 1.33 bits per heavy atom. The van der Waals surface area contributed by atoms with E-state index >= 15 is 0 Å². The summed E-state index contributed by atoms with van der Waals surface area (Å²) < 4.78 is 5.58. The van der Waals surface area contributed by atoms with Crippen molar-refractivity contribution in [2.45, 2.75) is 31.9 Å². The van der Waals surface area contributed by atoms with Crippen LogP contribution in [0.5, 0.6) is 5.75 Å². The number of hydrogen-bond donors (Lipinski definition) is 2. The number of carbonyl (C=O) groups excluding carboxylic acids is 1. The smallest absolute Gasteiger partial charge is 0.260 e. The van der Waals surface area contributed by atoms with E-state index in [2.05, 4.69) is 10.6 Å². The number of benzene rings is 1. The van der Waals surface area contributed by atoms with Crippen molar-refractivity contribution < 1.29 is 9.53 Å². The number of rotatable bonds is 4. The van der Waals surface area contributed by atoms with Crippen molar-refractivity contribution in [3.05, 3.63) is 28.2 Å². The fourth-order valence-corrected chi connectivity index (χ4v) is 2.38. The van der Waals surface area contributed by atoms with Gasteiger partial charge in [0.05, 0.1) is 10.0 Å². The molecule has 1 saturated heterocycles. The number of hydrogen-bond acceptors (Lipinski definition) is 3. The van der Waals surface area contributed by atoms with Gasteiger partial charge in [-0.15, -0.1) is 12.4 Å². The lowest BCUT2D eigenvalue weighted by atomic mass is 10.1. The summed E-state index contributed by atoms with van der Waals surface area (Å²) >= 11 is 11.7. The third-order valence-corrected chi connectivity index (χ3v) is 4.00. The molecule has 118 valence electrons. The number of nitrogens with one attached hydrogen (secondary N) is 2. The first kappa shape index (κ1) is 18.4. The molecule has 4 nitrogen and oxygen atoms in total. The second-order valence-electron chi connectivity index (χ2n) is 4.87. The summed E-state index contributed by atoms with van der Waals surface area (Å²) in [6, 6.07) is 5.18. The maximum absolute atomic E-state index is 12.1. The summed E-state index contributed by atoms with van der Waals surface area (Å²) in [5.74, 6) is 0.426. The topological polar surface area (TPSA) is 50.4 Å². The quantitative estimate of drug-likeness (QED) is 0.874. The van der Waals surface area contributed by atoms with Crippen molar-refractivity contribution in [2.75, 3.05) is 13.1 Å². The van der Waals surface area contributed by atoms with E-state index in [0.29, 0.717) is 15.8 Å². The summed E-state index contributed by atoms with van der Waals surface area (Å²) in [7, 11) is 0. The maximum atomic E-state index is 12.1. The first-order valence-electron chi connectivity index (χ1n) is 6.69. The van der Waals surface area contributed by atoms with Crippen LogP contribution < -0.4 is 15.4 Å². The van der Waals surface area contributed by atoms with Gasteiger partial charge in [0.2, 0.25) is 0 Å². The molecular formula is C14H19Cl3N2O2. The zero-order valence-corrected chi connectivity index (χ0v) is 14.0. The second kappa shape index (κ2) is 8.69. The number of halogens is 3. The summed E-state index contributed by atoms with van der Waals surface area (Å²) in [6.07, 6.45) is 1.33. The minimum absolute atomic E-state index is 0. The van der Waals surface area contributed by atoms with Gasteiger partial charge in [-0.25, -0.2) is 0 Å². The molecule has 1 aromatic carbocycles. The van der Waals surface area contributed by atoms with Gasteiger partial charge in [-0.3, -0.25) is 4.79 Å². The number of amides is 1. The molecule has 21 heavy (non-hydrogen) atoms. The Labute approximate surface area is 140 Å². The molecule has 1 unspecified atom stereocenters. The summed E-state index contributed by atoms with van der Waals surface area (Å²) in [5.41, 5.74) is 0. The van der Waals surface area contributed by atoms with Crippen LogP contribution in [-0.2, 0) is 4.79 Å². The number of piperidine rings is 1. The van der Waals surface area contributed by atoms with Gasteiger partial charge in [0.1, 0.15) is 5.75 Å². The molecule has 0 bridgehead atoms. The van der Waals surface area contributed by atoms with Crippen molar-refractivity contribution in [2.24, 2.45) is 0 Å². The zero-order valence-electron chi connectivity index (χ0n) is 11.7. The summed E-state index contributed by atoms with van der Waals surface area (Å²) in [4.78, 5) is 12.1. The maximum Gasteiger partial charge on any atom is 0.260 e. The Bertz CT molecular complexity index is 479. The lowest BCUT2D eigenvalue weighted by molar-refractivity contribution is -0.128. The summed E-state index contributed by atoms with van der Waals surface area (Å²) in [5, 5.41) is 7.14. The van der Waals surface area contributed by atoms with Crippen molar-refractivity contribution in [3.8, 4) is 5.75 Å².